The van der Waals surface area contributed by atoms with Gasteiger partial charge in [0.1, 0.15) is 0 Å². The molecule has 0 aliphatic heterocycles. The van der Waals surface area contributed by atoms with Crippen molar-refractivity contribution in [3.05, 3.63) is 0 Å². The Morgan fingerprint density at radius 1 is 1.25 bits per heavy atom. The van der Waals surface area contributed by atoms with E-state index in [-0.39, 0.29) is 17.5 Å². The molecule has 4 aliphatic rings. The fourth-order valence-electron chi connectivity index (χ4n) is 3.97. The number of carbonyl (C=O) groups excluding carboxylic acids is 1. The molecule has 2 bridgehead atoms. The second-order valence-corrected chi connectivity index (χ2v) is 6.15. The third-order valence-electron chi connectivity index (χ3n) is 4.99. The van der Waals surface area contributed by atoms with Gasteiger partial charge in [0.05, 0.1) is 6.04 Å². The zero-order valence-electron chi connectivity index (χ0n) is 9.87. The summed E-state index contributed by atoms with van der Waals surface area (Å²) in [6.07, 6.45) is 9.68. The first-order valence-corrected chi connectivity index (χ1v) is 6.76. The van der Waals surface area contributed by atoms with E-state index < -0.39 is 0 Å². The van der Waals surface area contributed by atoms with Gasteiger partial charge in [-0.1, -0.05) is 12.8 Å². The van der Waals surface area contributed by atoms with E-state index in [4.69, 9.17) is 5.73 Å². The van der Waals surface area contributed by atoms with Crippen LogP contribution in [0.15, 0.2) is 0 Å². The summed E-state index contributed by atoms with van der Waals surface area (Å²) in [5.41, 5.74) is 6.23. The van der Waals surface area contributed by atoms with Crippen molar-refractivity contribution in [2.75, 3.05) is 0 Å². The minimum absolute atomic E-state index is 0.118. The molecule has 1 atom stereocenters. The molecule has 0 spiro atoms. The summed E-state index contributed by atoms with van der Waals surface area (Å²) in [5.74, 6) is 1.45. The fourth-order valence-corrected chi connectivity index (χ4v) is 3.97. The van der Waals surface area contributed by atoms with Crippen LogP contribution in [0.25, 0.3) is 0 Å². The van der Waals surface area contributed by atoms with Gasteiger partial charge in [-0.3, -0.25) is 4.79 Å². The van der Waals surface area contributed by atoms with E-state index in [0.29, 0.717) is 5.92 Å². The number of amides is 1. The van der Waals surface area contributed by atoms with E-state index in [1.165, 1.54) is 38.5 Å². The standard InChI is InChI=1S/C13H22N2O/c14-11(10-3-1-2-4-10)12(16)15-13-6-5-9(7-13)8-13/h9-11H,1-8,14H2,(H,15,16)/t9?,11-,13?/m1/s1. The third-order valence-corrected chi connectivity index (χ3v) is 4.99. The fraction of sp³-hybridized carbons (Fsp3) is 0.923. The van der Waals surface area contributed by atoms with Gasteiger partial charge < -0.3 is 11.1 Å². The second kappa shape index (κ2) is 3.73. The Kier molecular flexibility index (Phi) is 2.46. The largest absolute Gasteiger partial charge is 0.349 e. The van der Waals surface area contributed by atoms with Crippen molar-refractivity contribution in [2.24, 2.45) is 17.6 Å². The first-order chi connectivity index (χ1) is 7.69. The highest BCUT2D eigenvalue weighted by atomic mass is 16.2. The summed E-state index contributed by atoms with van der Waals surface area (Å²) in [4.78, 5) is 12.1. The van der Waals surface area contributed by atoms with E-state index >= 15 is 0 Å². The summed E-state index contributed by atoms with van der Waals surface area (Å²) >= 11 is 0. The minimum Gasteiger partial charge on any atom is -0.349 e. The maximum Gasteiger partial charge on any atom is 0.237 e. The van der Waals surface area contributed by atoms with Gasteiger partial charge in [-0.2, -0.15) is 0 Å². The van der Waals surface area contributed by atoms with Crippen LogP contribution >= 0.6 is 0 Å². The summed E-state index contributed by atoms with van der Waals surface area (Å²) < 4.78 is 0. The van der Waals surface area contributed by atoms with Gasteiger partial charge in [-0.15, -0.1) is 0 Å². The molecule has 3 nitrogen and oxygen atoms in total. The average Bonchev–Trinajstić information content (AvgIpc) is 2.89. The van der Waals surface area contributed by atoms with Crippen molar-refractivity contribution in [3.63, 3.8) is 0 Å². The van der Waals surface area contributed by atoms with E-state index in [2.05, 4.69) is 5.32 Å². The summed E-state index contributed by atoms with van der Waals surface area (Å²) in [7, 11) is 0. The summed E-state index contributed by atoms with van der Waals surface area (Å²) in [5, 5.41) is 3.23. The Hall–Kier alpha value is -0.570. The Balaban J connectivity index is 1.56. The SMILES string of the molecule is N[C@@H](C(=O)NC12CCC(C1)C2)C1CCCC1. The Labute approximate surface area is 97.2 Å². The predicted octanol–water partition coefficient (Wildman–Crippen LogP) is 1.56. The van der Waals surface area contributed by atoms with Gasteiger partial charge in [0.25, 0.3) is 0 Å². The number of hydrogen-bond acceptors (Lipinski definition) is 2. The predicted molar refractivity (Wildman–Crippen MR) is 62.8 cm³/mol. The maximum absolute atomic E-state index is 12.1. The normalized spacial score (nSPS) is 39.4. The van der Waals surface area contributed by atoms with Crippen LogP contribution in [0, 0.1) is 11.8 Å². The number of nitrogens with one attached hydrogen (secondary N) is 1. The third kappa shape index (κ3) is 1.65. The van der Waals surface area contributed by atoms with Gasteiger partial charge in [-0.25, -0.2) is 0 Å². The molecule has 4 aliphatic carbocycles. The van der Waals surface area contributed by atoms with E-state index in [1.54, 1.807) is 0 Å². The van der Waals surface area contributed by atoms with Crippen LogP contribution in [0.2, 0.25) is 0 Å². The lowest BCUT2D eigenvalue weighted by Gasteiger charge is -2.40. The van der Waals surface area contributed by atoms with E-state index in [9.17, 15) is 4.79 Å². The first-order valence-electron chi connectivity index (χ1n) is 6.76. The molecule has 0 radical (unpaired) electrons. The van der Waals surface area contributed by atoms with Gasteiger partial charge in [0.2, 0.25) is 5.91 Å². The van der Waals surface area contributed by atoms with E-state index in [1.807, 2.05) is 0 Å². The average molecular weight is 222 g/mol. The van der Waals surface area contributed by atoms with E-state index in [0.717, 1.165) is 18.8 Å². The molecule has 4 rings (SSSR count). The number of nitrogens with two attached hydrogens (primary N) is 1. The maximum atomic E-state index is 12.1. The number of hydrogen-bond donors (Lipinski definition) is 2. The molecule has 0 unspecified atom stereocenters. The minimum atomic E-state index is -0.253. The van der Waals surface area contributed by atoms with Crippen LogP contribution in [0.5, 0.6) is 0 Å². The summed E-state index contributed by atoms with van der Waals surface area (Å²) in [6, 6.07) is -0.253. The molecule has 3 N–H and O–H groups in total. The smallest absolute Gasteiger partial charge is 0.237 e. The molecular formula is C13H22N2O. The molecule has 4 fully saturated rings. The molecule has 0 aromatic heterocycles. The highest BCUT2D eigenvalue weighted by Crippen LogP contribution is 2.51. The molecule has 0 heterocycles. The highest BCUT2D eigenvalue weighted by molar-refractivity contribution is 5.82. The zero-order valence-corrected chi connectivity index (χ0v) is 9.87. The van der Waals surface area contributed by atoms with Crippen molar-refractivity contribution in [3.8, 4) is 0 Å². The van der Waals surface area contributed by atoms with Gasteiger partial charge >= 0.3 is 0 Å². The summed E-state index contributed by atoms with van der Waals surface area (Å²) in [6.45, 7) is 0. The molecule has 16 heavy (non-hydrogen) atoms. The monoisotopic (exact) mass is 222 g/mol. The molecule has 0 saturated heterocycles. The Morgan fingerprint density at radius 3 is 2.50 bits per heavy atom. The first kappa shape index (κ1) is 10.6. The van der Waals surface area contributed by atoms with Crippen LogP contribution in [0.4, 0.5) is 0 Å². The topological polar surface area (TPSA) is 55.1 Å². The van der Waals surface area contributed by atoms with Gasteiger partial charge in [0.15, 0.2) is 0 Å². The van der Waals surface area contributed by atoms with Gasteiger partial charge in [-0.05, 0) is 50.4 Å². The van der Waals surface area contributed by atoms with Crippen molar-refractivity contribution in [2.45, 2.75) is 62.9 Å². The van der Waals surface area contributed by atoms with Crippen LogP contribution in [-0.4, -0.2) is 17.5 Å². The lowest BCUT2D eigenvalue weighted by molar-refractivity contribution is -0.126. The molecule has 0 aromatic rings. The highest BCUT2D eigenvalue weighted by Gasteiger charge is 2.51. The van der Waals surface area contributed by atoms with Crippen molar-refractivity contribution < 1.29 is 4.79 Å². The lowest BCUT2D eigenvalue weighted by atomic mass is 9.77. The molecule has 3 heteroatoms. The molecule has 0 aromatic carbocycles. The van der Waals surface area contributed by atoms with Crippen LogP contribution in [0.3, 0.4) is 0 Å². The van der Waals surface area contributed by atoms with Crippen LogP contribution in [0.1, 0.15) is 51.4 Å². The Bertz CT molecular complexity index is 285. The van der Waals surface area contributed by atoms with Gasteiger partial charge in [0, 0.05) is 5.54 Å². The number of fused-ring (bicyclic) bond motifs is 1. The second-order valence-electron chi connectivity index (χ2n) is 6.15. The number of rotatable bonds is 3. The van der Waals surface area contributed by atoms with Crippen molar-refractivity contribution in [1.82, 2.24) is 5.32 Å². The zero-order chi connectivity index (χ0) is 11.2. The Morgan fingerprint density at radius 2 is 1.94 bits per heavy atom. The van der Waals surface area contributed by atoms with Crippen LogP contribution in [-0.2, 0) is 4.79 Å². The number of carbonyl (C=O) groups is 1. The van der Waals surface area contributed by atoms with Crippen molar-refractivity contribution in [1.29, 1.82) is 0 Å². The van der Waals surface area contributed by atoms with Crippen LogP contribution < -0.4 is 11.1 Å². The molecule has 1 amide bonds. The quantitative estimate of drug-likeness (QED) is 0.761. The molecule has 90 valence electrons. The van der Waals surface area contributed by atoms with Crippen molar-refractivity contribution >= 4 is 5.91 Å². The molecular weight excluding hydrogens is 200 g/mol. The lowest BCUT2D eigenvalue weighted by Crippen LogP contribution is -2.57. The molecule has 4 saturated carbocycles.